The van der Waals surface area contributed by atoms with Crippen LogP contribution < -0.4 is 4.90 Å². The van der Waals surface area contributed by atoms with Crippen molar-refractivity contribution < 1.29 is 4.39 Å². The summed E-state index contributed by atoms with van der Waals surface area (Å²) in [5, 5.41) is 0. The summed E-state index contributed by atoms with van der Waals surface area (Å²) in [6.45, 7) is 11.8. The number of anilines is 1. The van der Waals surface area contributed by atoms with E-state index in [0.29, 0.717) is 6.54 Å². The van der Waals surface area contributed by atoms with Gasteiger partial charge in [0.25, 0.3) is 0 Å². The normalized spacial score (nSPS) is 8.12. The zero-order chi connectivity index (χ0) is 13.7. The Morgan fingerprint density at radius 3 is 1.94 bits per heavy atom. The van der Waals surface area contributed by atoms with Gasteiger partial charge >= 0.3 is 0 Å². The summed E-state index contributed by atoms with van der Waals surface area (Å²) >= 11 is 0. The zero-order valence-corrected chi connectivity index (χ0v) is 11.8. The Hall–Kier alpha value is -1.31. The van der Waals surface area contributed by atoms with Crippen molar-refractivity contribution >= 4 is 11.8 Å². The lowest BCUT2D eigenvalue weighted by molar-refractivity contribution is 0.497. The molecular weight excluding hydrogens is 213 g/mol. The Bertz CT molecular complexity index is 267. The van der Waals surface area contributed by atoms with Gasteiger partial charge in [-0.1, -0.05) is 52.5 Å². The van der Waals surface area contributed by atoms with Crippen LogP contribution in [-0.4, -0.2) is 20.3 Å². The molecule has 0 spiro atoms. The second-order valence-corrected chi connectivity index (χ2v) is 2.91. The molecule has 0 amide bonds. The maximum absolute atomic E-state index is 12.0. The molecule has 0 aliphatic heterocycles. The van der Waals surface area contributed by atoms with Crippen molar-refractivity contribution in [1.29, 1.82) is 0 Å². The van der Waals surface area contributed by atoms with E-state index in [9.17, 15) is 4.39 Å². The minimum atomic E-state index is -0.320. The third-order valence-electron chi connectivity index (χ3n) is 1.99. The fourth-order valence-electron chi connectivity index (χ4n) is 1.12. The van der Waals surface area contributed by atoms with Crippen molar-refractivity contribution in [2.75, 3.05) is 25.2 Å². The number of benzene rings is 1. The van der Waals surface area contributed by atoms with Crippen LogP contribution in [-0.2, 0) is 0 Å². The molecule has 0 bridgehead atoms. The van der Waals surface area contributed by atoms with Crippen molar-refractivity contribution in [2.24, 2.45) is 0 Å². The third-order valence-corrected chi connectivity index (χ3v) is 1.99. The fourth-order valence-corrected chi connectivity index (χ4v) is 1.12. The quantitative estimate of drug-likeness (QED) is 0.730. The highest BCUT2D eigenvalue weighted by Gasteiger charge is 1.98. The lowest BCUT2D eigenvalue weighted by Gasteiger charge is -2.17. The minimum Gasteiger partial charge on any atom is -0.372 e. The van der Waals surface area contributed by atoms with E-state index < -0.39 is 0 Å². The minimum absolute atomic E-state index is 0.320. The first-order valence-electron chi connectivity index (χ1n) is 6.27. The number of halogens is 1. The number of alkyl halides is 1. The van der Waals surface area contributed by atoms with Crippen molar-refractivity contribution in [3.63, 3.8) is 0 Å². The molecule has 17 heavy (non-hydrogen) atoms. The molecule has 2 heteroatoms. The first-order valence-corrected chi connectivity index (χ1v) is 6.27. The standard InChI is InChI=1S/C11H14FN.2C2H6/c1-3-10-4-6-11(7-5-10)13(2)9-8-12;2*1-2/h3-7H,1,8-9H2,2H3;2*1-2H3. The number of rotatable bonds is 4. The van der Waals surface area contributed by atoms with E-state index >= 15 is 0 Å². The van der Waals surface area contributed by atoms with Gasteiger partial charge in [0, 0.05) is 19.3 Å². The summed E-state index contributed by atoms with van der Waals surface area (Å²) in [6, 6.07) is 7.87. The van der Waals surface area contributed by atoms with Crippen molar-refractivity contribution in [2.45, 2.75) is 27.7 Å². The van der Waals surface area contributed by atoms with Crippen LogP contribution in [0.15, 0.2) is 30.8 Å². The summed E-state index contributed by atoms with van der Waals surface area (Å²) in [4.78, 5) is 1.88. The molecule has 0 radical (unpaired) electrons. The van der Waals surface area contributed by atoms with E-state index in [4.69, 9.17) is 0 Å². The smallest absolute Gasteiger partial charge is 0.107 e. The molecule has 0 aliphatic carbocycles. The van der Waals surface area contributed by atoms with Crippen LogP contribution in [0, 0.1) is 0 Å². The van der Waals surface area contributed by atoms with Gasteiger partial charge in [0.05, 0.1) is 0 Å². The SMILES string of the molecule is C=Cc1ccc(N(C)CCF)cc1.CC.CC. The molecule has 0 saturated carbocycles. The monoisotopic (exact) mass is 239 g/mol. The predicted molar refractivity (Wildman–Crippen MR) is 78.5 cm³/mol. The summed E-state index contributed by atoms with van der Waals surface area (Å²) in [6.07, 6.45) is 1.79. The topological polar surface area (TPSA) is 3.24 Å². The van der Waals surface area contributed by atoms with Crippen LogP contribution in [0.2, 0.25) is 0 Å². The van der Waals surface area contributed by atoms with E-state index in [2.05, 4.69) is 6.58 Å². The average molecular weight is 239 g/mol. The molecule has 0 N–H and O–H groups in total. The highest BCUT2D eigenvalue weighted by Crippen LogP contribution is 2.13. The van der Waals surface area contributed by atoms with E-state index in [-0.39, 0.29) is 6.67 Å². The highest BCUT2D eigenvalue weighted by atomic mass is 19.1. The van der Waals surface area contributed by atoms with E-state index in [1.165, 1.54) is 0 Å². The van der Waals surface area contributed by atoms with Crippen LogP contribution in [0.3, 0.4) is 0 Å². The van der Waals surface area contributed by atoms with Crippen molar-refractivity contribution in [1.82, 2.24) is 0 Å². The molecule has 1 aromatic rings. The Labute approximate surface area is 106 Å². The summed E-state index contributed by atoms with van der Waals surface area (Å²) in [5.41, 5.74) is 2.11. The van der Waals surface area contributed by atoms with Gasteiger partial charge in [-0.2, -0.15) is 0 Å². The number of nitrogens with zero attached hydrogens (tertiary/aromatic N) is 1. The fraction of sp³-hybridized carbons (Fsp3) is 0.467. The molecule has 1 aromatic carbocycles. The van der Waals surface area contributed by atoms with Crippen LogP contribution in [0.4, 0.5) is 10.1 Å². The average Bonchev–Trinajstić information content (AvgIpc) is 2.43. The lowest BCUT2D eigenvalue weighted by atomic mass is 10.2. The third kappa shape index (κ3) is 7.56. The van der Waals surface area contributed by atoms with Gasteiger partial charge in [-0.15, -0.1) is 0 Å². The maximum Gasteiger partial charge on any atom is 0.107 e. The van der Waals surface area contributed by atoms with Gasteiger partial charge in [-0.3, -0.25) is 0 Å². The Morgan fingerprint density at radius 2 is 1.59 bits per heavy atom. The molecule has 98 valence electrons. The molecule has 0 aromatic heterocycles. The molecule has 0 heterocycles. The van der Waals surface area contributed by atoms with Crippen LogP contribution >= 0.6 is 0 Å². The van der Waals surface area contributed by atoms with Gasteiger partial charge in [-0.05, 0) is 17.7 Å². The first-order chi connectivity index (χ1) is 8.27. The van der Waals surface area contributed by atoms with E-state index in [1.807, 2.05) is 63.9 Å². The van der Waals surface area contributed by atoms with Crippen molar-refractivity contribution in [3.8, 4) is 0 Å². The molecule has 0 fully saturated rings. The first kappa shape index (κ1) is 18.1. The molecule has 0 atom stereocenters. The van der Waals surface area contributed by atoms with Gasteiger partial charge in [0.2, 0.25) is 0 Å². The molecule has 0 aliphatic rings. The predicted octanol–water partition coefficient (Wildman–Crippen LogP) is 4.79. The van der Waals surface area contributed by atoms with Gasteiger partial charge in [0.15, 0.2) is 0 Å². The van der Waals surface area contributed by atoms with Crippen LogP contribution in [0.1, 0.15) is 33.3 Å². The maximum atomic E-state index is 12.0. The summed E-state index contributed by atoms with van der Waals surface area (Å²) in [5.74, 6) is 0. The van der Waals surface area contributed by atoms with E-state index in [0.717, 1.165) is 11.3 Å². The van der Waals surface area contributed by atoms with Crippen LogP contribution in [0.25, 0.3) is 6.08 Å². The second-order valence-electron chi connectivity index (χ2n) is 2.91. The molecule has 1 nitrogen and oxygen atoms in total. The Morgan fingerprint density at radius 1 is 1.12 bits per heavy atom. The van der Waals surface area contributed by atoms with E-state index in [1.54, 1.807) is 6.08 Å². The van der Waals surface area contributed by atoms with Gasteiger partial charge < -0.3 is 4.90 Å². The lowest BCUT2D eigenvalue weighted by Crippen LogP contribution is -2.19. The van der Waals surface area contributed by atoms with Gasteiger partial charge in [0.1, 0.15) is 6.67 Å². The largest absolute Gasteiger partial charge is 0.372 e. The molecule has 0 unspecified atom stereocenters. The zero-order valence-electron chi connectivity index (χ0n) is 11.8. The van der Waals surface area contributed by atoms with Crippen LogP contribution in [0.5, 0.6) is 0 Å². The summed E-state index contributed by atoms with van der Waals surface area (Å²) < 4.78 is 12.0. The molecule has 0 saturated heterocycles. The second kappa shape index (κ2) is 12.8. The number of hydrogen-bond acceptors (Lipinski definition) is 1. The Balaban J connectivity index is 0. The summed E-state index contributed by atoms with van der Waals surface area (Å²) in [7, 11) is 1.88. The van der Waals surface area contributed by atoms with Gasteiger partial charge in [-0.25, -0.2) is 4.39 Å². The number of hydrogen-bond donors (Lipinski definition) is 0. The molecule has 1 rings (SSSR count). The Kier molecular flexibility index (Phi) is 13.6. The molecular formula is C15H26FN. The van der Waals surface area contributed by atoms with Crippen molar-refractivity contribution in [3.05, 3.63) is 36.4 Å². The highest BCUT2D eigenvalue weighted by molar-refractivity contribution is 5.54.